The van der Waals surface area contributed by atoms with Crippen LogP contribution in [-0.4, -0.2) is 11.2 Å². The van der Waals surface area contributed by atoms with Gasteiger partial charge in [0.2, 0.25) is 0 Å². The summed E-state index contributed by atoms with van der Waals surface area (Å²) >= 11 is 0. The Kier molecular flexibility index (Phi) is 2.67. The first-order chi connectivity index (χ1) is 6.95. The molecule has 0 fully saturated rings. The van der Waals surface area contributed by atoms with E-state index >= 15 is 0 Å². The SMILES string of the molecule is C(=Nc1ccccn1)c1ccccc1. The minimum Gasteiger partial charge on any atom is -0.237 e. The van der Waals surface area contributed by atoms with Gasteiger partial charge in [-0.15, -0.1) is 0 Å². The molecule has 0 N–H and O–H groups in total. The molecule has 2 nitrogen and oxygen atoms in total. The Labute approximate surface area is 83.0 Å². The molecule has 2 aromatic rings. The monoisotopic (exact) mass is 182 g/mol. The summed E-state index contributed by atoms with van der Waals surface area (Å²) in [5.74, 6) is 0.733. The maximum atomic E-state index is 4.24. The average molecular weight is 182 g/mol. The molecule has 0 atom stereocenters. The summed E-state index contributed by atoms with van der Waals surface area (Å²) < 4.78 is 0. The lowest BCUT2D eigenvalue weighted by Crippen LogP contribution is -1.78. The standard InChI is InChI=1S/C12H10N2/c1-2-6-11(7-3-1)10-14-12-8-4-5-9-13-12/h1-10H. The van der Waals surface area contributed by atoms with Gasteiger partial charge in [-0.2, -0.15) is 0 Å². The van der Waals surface area contributed by atoms with Crippen LogP contribution in [-0.2, 0) is 0 Å². The molecule has 68 valence electrons. The second kappa shape index (κ2) is 4.33. The van der Waals surface area contributed by atoms with E-state index in [9.17, 15) is 0 Å². The number of aliphatic imine (C=N–C) groups is 1. The van der Waals surface area contributed by atoms with E-state index in [2.05, 4.69) is 9.98 Å². The highest BCUT2D eigenvalue weighted by molar-refractivity contribution is 5.81. The van der Waals surface area contributed by atoms with Gasteiger partial charge in [0.05, 0.1) is 0 Å². The van der Waals surface area contributed by atoms with Crippen LogP contribution < -0.4 is 0 Å². The molecule has 0 aliphatic rings. The van der Waals surface area contributed by atoms with E-state index in [0.717, 1.165) is 11.4 Å². The normalized spacial score (nSPS) is 10.6. The van der Waals surface area contributed by atoms with Crippen molar-refractivity contribution in [1.82, 2.24) is 4.98 Å². The number of hydrogen-bond donors (Lipinski definition) is 0. The van der Waals surface area contributed by atoms with Crippen LogP contribution >= 0.6 is 0 Å². The van der Waals surface area contributed by atoms with Crippen LogP contribution in [0.2, 0.25) is 0 Å². The molecule has 1 aromatic heterocycles. The summed E-state index contributed by atoms with van der Waals surface area (Å²) in [5.41, 5.74) is 1.08. The van der Waals surface area contributed by atoms with Gasteiger partial charge in [0.1, 0.15) is 0 Å². The smallest absolute Gasteiger partial charge is 0.151 e. The first-order valence-corrected chi connectivity index (χ1v) is 4.45. The van der Waals surface area contributed by atoms with E-state index in [1.165, 1.54) is 0 Å². The lowest BCUT2D eigenvalue weighted by molar-refractivity contribution is 1.28. The maximum absolute atomic E-state index is 4.24. The molecule has 1 aromatic carbocycles. The van der Waals surface area contributed by atoms with E-state index in [0.29, 0.717) is 0 Å². The molecule has 0 aliphatic heterocycles. The van der Waals surface area contributed by atoms with Crippen molar-refractivity contribution in [3.63, 3.8) is 0 Å². The topological polar surface area (TPSA) is 25.2 Å². The van der Waals surface area contributed by atoms with Crippen molar-refractivity contribution >= 4 is 12.0 Å². The van der Waals surface area contributed by atoms with Crippen molar-refractivity contribution in [2.24, 2.45) is 4.99 Å². The molecule has 2 rings (SSSR count). The second-order valence-electron chi connectivity index (χ2n) is 2.86. The molecule has 0 bridgehead atoms. The van der Waals surface area contributed by atoms with Gasteiger partial charge in [0.15, 0.2) is 5.82 Å². The number of benzene rings is 1. The highest BCUT2D eigenvalue weighted by atomic mass is 14.9. The van der Waals surface area contributed by atoms with Crippen LogP contribution in [0, 0.1) is 0 Å². The van der Waals surface area contributed by atoms with E-state index < -0.39 is 0 Å². The molecule has 0 aliphatic carbocycles. The zero-order chi connectivity index (χ0) is 9.64. The molecule has 0 amide bonds. The minimum absolute atomic E-state index is 0.733. The number of hydrogen-bond acceptors (Lipinski definition) is 2. The van der Waals surface area contributed by atoms with E-state index in [1.807, 2.05) is 54.7 Å². The van der Waals surface area contributed by atoms with Gasteiger partial charge in [-0.1, -0.05) is 36.4 Å². The Morgan fingerprint density at radius 3 is 2.43 bits per heavy atom. The predicted molar refractivity (Wildman–Crippen MR) is 57.9 cm³/mol. The summed E-state index contributed by atoms with van der Waals surface area (Å²) in [5, 5.41) is 0. The third-order valence-electron chi connectivity index (χ3n) is 1.79. The summed E-state index contributed by atoms with van der Waals surface area (Å²) in [6.45, 7) is 0. The Balaban J connectivity index is 2.16. The van der Waals surface area contributed by atoms with Crippen LogP contribution in [0.5, 0.6) is 0 Å². The lowest BCUT2D eigenvalue weighted by atomic mass is 10.2. The van der Waals surface area contributed by atoms with E-state index in [-0.39, 0.29) is 0 Å². The van der Waals surface area contributed by atoms with Crippen LogP contribution in [0.25, 0.3) is 0 Å². The summed E-state index contributed by atoms with van der Waals surface area (Å²) in [6.07, 6.45) is 3.54. The van der Waals surface area contributed by atoms with Gasteiger partial charge in [0, 0.05) is 12.4 Å². The maximum Gasteiger partial charge on any atom is 0.151 e. The summed E-state index contributed by atoms with van der Waals surface area (Å²) in [4.78, 5) is 8.34. The number of rotatable bonds is 2. The Hall–Kier alpha value is -1.96. The van der Waals surface area contributed by atoms with Crippen LogP contribution in [0.1, 0.15) is 5.56 Å². The molecule has 0 radical (unpaired) electrons. The van der Waals surface area contributed by atoms with Crippen molar-refractivity contribution in [3.8, 4) is 0 Å². The summed E-state index contributed by atoms with van der Waals surface area (Å²) in [7, 11) is 0. The Bertz CT molecular complexity index is 365. The second-order valence-corrected chi connectivity index (χ2v) is 2.86. The molecule has 0 unspecified atom stereocenters. The third-order valence-corrected chi connectivity index (χ3v) is 1.79. The Morgan fingerprint density at radius 2 is 1.71 bits per heavy atom. The van der Waals surface area contributed by atoms with Gasteiger partial charge >= 0.3 is 0 Å². The number of aromatic nitrogens is 1. The third kappa shape index (κ3) is 2.26. The quantitative estimate of drug-likeness (QED) is 0.655. The van der Waals surface area contributed by atoms with Crippen molar-refractivity contribution in [3.05, 3.63) is 60.3 Å². The Morgan fingerprint density at radius 1 is 0.929 bits per heavy atom. The van der Waals surface area contributed by atoms with Gasteiger partial charge < -0.3 is 0 Å². The van der Waals surface area contributed by atoms with Crippen molar-refractivity contribution in [2.45, 2.75) is 0 Å². The average Bonchev–Trinajstić information content (AvgIpc) is 2.29. The van der Waals surface area contributed by atoms with Gasteiger partial charge in [-0.25, -0.2) is 9.98 Å². The molecule has 14 heavy (non-hydrogen) atoms. The highest BCUT2D eigenvalue weighted by Gasteiger charge is 1.86. The van der Waals surface area contributed by atoms with E-state index in [4.69, 9.17) is 0 Å². The molecule has 1 heterocycles. The zero-order valence-electron chi connectivity index (χ0n) is 7.67. The zero-order valence-corrected chi connectivity index (χ0v) is 7.67. The molecule has 0 spiro atoms. The van der Waals surface area contributed by atoms with Gasteiger partial charge in [-0.3, -0.25) is 0 Å². The first kappa shape index (κ1) is 8.63. The fourth-order valence-corrected chi connectivity index (χ4v) is 1.11. The molecule has 0 saturated heterocycles. The van der Waals surface area contributed by atoms with E-state index in [1.54, 1.807) is 6.20 Å². The van der Waals surface area contributed by atoms with Crippen molar-refractivity contribution < 1.29 is 0 Å². The lowest BCUT2D eigenvalue weighted by Gasteiger charge is -1.91. The van der Waals surface area contributed by atoms with Crippen LogP contribution in [0.15, 0.2) is 59.7 Å². The fraction of sp³-hybridized carbons (Fsp3) is 0. The summed E-state index contributed by atoms with van der Waals surface area (Å²) in [6, 6.07) is 15.6. The number of nitrogens with zero attached hydrogens (tertiary/aromatic N) is 2. The van der Waals surface area contributed by atoms with Gasteiger partial charge in [0.25, 0.3) is 0 Å². The number of pyridine rings is 1. The van der Waals surface area contributed by atoms with Gasteiger partial charge in [-0.05, 0) is 17.7 Å². The predicted octanol–water partition coefficient (Wildman–Crippen LogP) is 2.83. The van der Waals surface area contributed by atoms with Crippen LogP contribution in [0.4, 0.5) is 5.82 Å². The van der Waals surface area contributed by atoms with Crippen molar-refractivity contribution in [2.75, 3.05) is 0 Å². The molecular formula is C12H10N2. The molecular weight excluding hydrogens is 172 g/mol. The fourth-order valence-electron chi connectivity index (χ4n) is 1.11. The molecule has 2 heteroatoms. The first-order valence-electron chi connectivity index (χ1n) is 4.45. The molecule has 0 saturated carbocycles. The largest absolute Gasteiger partial charge is 0.237 e. The van der Waals surface area contributed by atoms with Crippen LogP contribution in [0.3, 0.4) is 0 Å². The minimum atomic E-state index is 0.733. The van der Waals surface area contributed by atoms with Crippen molar-refractivity contribution in [1.29, 1.82) is 0 Å². The highest BCUT2D eigenvalue weighted by Crippen LogP contribution is 2.05.